The molecule has 0 bridgehead atoms. The highest BCUT2D eigenvalue weighted by Gasteiger charge is 2.24. The van der Waals surface area contributed by atoms with Gasteiger partial charge in [0.1, 0.15) is 0 Å². The molecule has 0 aromatic heterocycles. The first-order valence-corrected chi connectivity index (χ1v) is 6.53. The quantitative estimate of drug-likeness (QED) is 0.726. The van der Waals surface area contributed by atoms with Crippen LogP contribution in [0, 0.1) is 0 Å². The van der Waals surface area contributed by atoms with Crippen molar-refractivity contribution in [3.8, 4) is 0 Å². The standard InChI is InChI=1S/C12H22N2O3/c15-12(16)7-13-10-3-1-5-14(8-10)9-11-4-2-6-17-11/h10-11,13H,1-9H2,(H,15,16). The van der Waals surface area contributed by atoms with Crippen LogP contribution in [0.3, 0.4) is 0 Å². The van der Waals surface area contributed by atoms with Gasteiger partial charge < -0.3 is 15.2 Å². The van der Waals surface area contributed by atoms with E-state index in [4.69, 9.17) is 9.84 Å². The molecule has 0 amide bonds. The van der Waals surface area contributed by atoms with E-state index in [-0.39, 0.29) is 6.54 Å². The van der Waals surface area contributed by atoms with Crippen LogP contribution in [0.4, 0.5) is 0 Å². The van der Waals surface area contributed by atoms with Gasteiger partial charge in [-0.3, -0.25) is 9.69 Å². The Morgan fingerprint density at radius 3 is 3.00 bits per heavy atom. The lowest BCUT2D eigenvalue weighted by molar-refractivity contribution is -0.136. The van der Waals surface area contributed by atoms with Gasteiger partial charge in [-0.05, 0) is 32.2 Å². The van der Waals surface area contributed by atoms with E-state index >= 15 is 0 Å². The summed E-state index contributed by atoms with van der Waals surface area (Å²) in [6.45, 7) is 4.04. The molecule has 2 rings (SSSR count). The van der Waals surface area contributed by atoms with Crippen molar-refractivity contribution < 1.29 is 14.6 Å². The van der Waals surface area contributed by atoms with Crippen molar-refractivity contribution in [3.05, 3.63) is 0 Å². The lowest BCUT2D eigenvalue weighted by Crippen LogP contribution is -2.48. The molecule has 0 aromatic carbocycles. The number of carbonyl (C=O) groups is 1. The van der Waals surface area contributed by atoms with E-state index in [1.165, 1.54) is 12.8 Å². The van der Waals surface area contributed by atoms with Crippen LogP contribution in [-0.2, 0) is 9.53 Å². The van der Waals surface area contributed by atoms with Gasteiger partial charge in [0.05, 0.1) is 12.6 Å². The van der Waals surface area contributed by atoms with E-state index in [0.717, 1.165) is 39.1 Å². The molecule has 0 spiro atoms. The highest BCUT2D eigenvalue weighted by Crippen LogP contribution is 2.16. The average Bonchev–Trinajstić information content (AvgIpc) is 2.80. The first-order chi connectivity index (χ1) is 8.24. The van der Waals surface area contributed by atoms with Gasteiger partial charge in [-0.25, -0.2) is 0 Å². The molecule has 0 saturated carbocycles. The lowest BCUT2D eigenvalue weighted by atomic mass is 10.0. The van der Waals surface area contributed by atoms with Crippen LogP contribution >= 0.6 is 0 Å². The molecule has 2 fully saturated rings. The largest absolute Gasteiger partial charge is 0.480 e. The number of piperidine rings is 1. The van der Waals surface area contributed by atoms with Crippen LogP contribution in [0.25, 0.3) is 0 Å². The maximum atomic E-state index is 10.5. The Morgan fingerprint density at radius 2 is 2.29 bits per heavy atom. The van der Waals surface area contributed by atoms with Gasteiger partial charge in [0.15, 0.2) is 0 Å². The zero-order chi connectivity index (χ0) is 12.1. The molecule has 2 aliphatic rings. The Hall–Kier alpha value is -0.650. The van der Waals surface area contributed by atoms with Crippen LogP contribution in [0.5, 0.6) is 0 Å². The second-order valence-corrected chi connectivity index (χ2v) is 5.01. The zero-order valence-corrected chi connectivity index (χ0v) is 10.2. The topological polar surface area (TPSA) is 61.8 Å². The van der Waals surface area contributed by atoms with Crippen LogP contribution in [-0.4, -0.2) is 60.9 Å². The second-order valence-electron chi connectivity index (χ2n) is 5.01. The van der Waals surface area contributed by atoms with Gasteiger partial charge in [-0.2, -0.15) is 0 Å². The summed E-state index contributed by atoms with van der Waals surface area (Å²) in [7, 11) is 0. The minimum absolute atomic E-state index is 0.0679. The number of rotatable bonds is 5. The molecule has 5 nitrogen and oxygen atoms in total. The first-order valence-electron chi connectivity index (χ1n) is 6.53. The van der Waals surface area contributed by atoms with Crippen LogP contribution in [0.2, 0.25) is 0 Å². The molecule has 0 aromatic rings. The third-order valence-electron chi connectivity index (χ3n) is 3.53. The molecule has 0 radical (unpaired) electrons. The summed E-state index contributed by atoms with van der Waals surface area (Å²) in [6, 6.07) is 0.321. The molecule has 98 valence electrons. The molecule has 5 heteroatoms. The van der Waals surface area contributed by atoms with Crippen molar-refractivity contribution >= 4 is 5.97 Å². The Morgan fingerprint density at radius 1 is 1.41 bits per heavy atom. The Kier molecular flexibility index (Phi) is 4.76. The monoisotopic (exact) mass is 242 g/mol. The van der Waals surface area contributed by atoms with Crippen molar-refractivity contribution in [2.45, 2.75) is 37.8 Å². The summed E-state index contributed by atoms with van der Waals surface area (Å²) in [5, 5.41) is 11.7. The molecule has 2 aliphatic heterocycles. The summed E-state index contributed by atoms with van der Waals surface area (Å²) < 4.78 is 5.63. The molecule has 2 N–H and O–H groups in total. The van der Waals surface area contributed by atoms with E-state index in [0.29, 0.717) is 12.1 Å². The minimum Gasteiger partial charge on any atom is -0.480 e. The molecular formula is C12H22N2O3. The van der Waals surface area contributed by atoms with Crippen LogP contribution < -0.4 is 5.32 Å². The number of hydrogen-bond donors (Lipinski definition) is 2. The number of carboxylic acids is 1. The fourth-order valence-electron chi connectivity index (χ4n) is 2.70. The van der Waals surface area contributed by atoms with E-state index in [1.807, 2.05) is 0 Å². The summed E-state index contributed by atoms with van der Waals surface area (Å²) in [4.78, 5) is 12.9. The fraction of sp³-hybridized carbons (Fsp3) is 0.917. The average molecular weight is 242 g/mol. The normalized spacial score (nSPS) is 30.6. The van der Waals surface area contributed by atoms with Gasteiger partial charge in [0, 0.05) is 25.7 Å². The fourth-order valence-corrected chi connectivity index (χ4v) is 2.70. The molecule has 2 saturated heterocycles. The van der Waals surface area contributed by atoms with Crippen molar-refractivity contribution in [1.29, 1.82) is 0 Å². The van der Waals surface area contributed by atoms with E-state index in [1.54, 1.807) is 0 Å². The van der Waals surface area contributed by atoms with Crippen LogP contribution in [0.15, 0.2) is 0 Å². The van der Waals surface area contributed by atoms with Crippen molar-refractivity contribution in [2.24, 2.45) is 0 Å². The van der Waals surface area contributed by atoms with Gasteiger partial charge in [0.25, 0.3) is 0 Å². The number of ether oxygens (including phenoxy) is 1. The maximum absolute atomic E-state index is 10.5. The molecule has 0 aliphatic carbocycles. The minimum atomic E-state index is -0.777. The Bertz CT molecular complexity index is 254. The third kappa shape index (κ3) is 4.26. The highest BCUT2D eigenvalue weighted by atomic mass is 16.5. The van der Waals surface area contributed by atoms with Crippen LogP contribution in [0.1, 0.15) is 25.7 Å². The summed E-state index contributed by atoms with van der Waals surface area (Å²) >= 11 is 0. The summed E-state index contributed by atoms with van der Waals surface area (Å²) in [6.07, 6.45) is 4.97. The molecular weight excluding hydrogens is 220 g/mol. The lowest BCUT2D eigenvalue weighted by Gasteiger charge is -2.34. The first kappa shape index (κ1) is 12.8. The van der Waals surface area contributed by atoms with Crippen molar-refractivity contribution in [1.82, 2.24) is 10.2 Å². The van der Waals surface area contributed by atoms with E-state index in [2.05, 4.69) is 10.2 Å². The zero-order valence-electron chi connectivity index (χ0n) is 10.2. The second kappa shape index (κ2) is 6.33. The Balaban J connectivity index is 1.70. The SMILES string of the molecule is O=C(O)CNC1CCCN(CC2CCCO2)C1. The maximum Gasteiger partial charge on any atom is 0.317 e. The molecule has 2 unspecified atom stereocenters. The van der Waals surface area contributed by atoms with Gasteiger partial charge >= 0.3 is 5.97 Å². The summed E-state index contributed by atoms with van der Waals surface area (Å²) in [5.74, 6) is -0.777. The Labute approximate surface area is 102 Å². The third-order valence-corrected chi connectivity index (χ3v) is 3.53. The predicted molar refractivity (Wildman–Crippen MR) is 64.1 cm³/mol. The predicted octanol–water partition coefficient (Wildman–Crippen LogP) is 0.304. The van der Waals surface area contributed by atoms with Gasteiger partial charge in [-0.15, -0.1) is 0 Å². The molecule has 2 atom stereocenters. The van der Waals surface area contributed by atoms with E-state index in [9.17, 15) is 4.79 Å². The van der Waals surface area contributed by atoms with E-state index < -0.39 is 5.97 Å². The van der Waals surface area contributed by atoms with Crippen molar-refractivity contribution in [2.75, 3.05) is 32.8 Å². The summed E-state index contributed by atoms with van der Waals surface area (Å²) in [5.41, 5.74) is 0. The molecule has 17 heavy (non-hydrogen) atoms. The van der Waals surface area contributed by atoms with Gasteiger partial charge in [0.2, 0.25) is 0 Å². The number of nitrogens with one attached hydrogen (secondary N) is 1. The number of likely N-dealkylation sites (tertiary alicyclic amines) is 1. The number of carboxylic acid groups (broad SMARTS) is 1. The number of nitrogens with zero attached hydrogens (tertiary/aromatic N) is 1. The highest BCUT2D eigenvalue weighted by molar-refractivity contribution is 5.69. The smallest absolute Gasteiger partial charge is 0.317 e. The van der Waals surface area contributed by atoms with Crippen molar-refractivity contribution in [3.63, 3.8) is 0 Å². The number of hydrogen-bond acceptors (Lipinski definition) is 4. The molecule has 2 heterocycles. The number of aliphatic carboxylic acids is 1. The van der Waals surface area contributed by atoms with Gasteiger partial charge in [-0.1, -0.05) is 0 Å².